The number of rotatable bonds is 6. The summed E-state index contributed by atoms with van der Waals surface area (Å²) in [6.45, 7) is 4.14. The highest BCUT2D eigenvalue weighted by molar-refractivity contribution is 6.35. The van der Waals surface area contributed by atoms with Gasteiger partial charge in [-0.2, -0.15) is 0 Å². The summed E-state index contributed by atoms with van der Waals surface area (Å²) in [4.78, 5) is 12.3. The molecule has 0 saturated heterocycles. The summed E-state index contributed by atoms with van der Waals surface area (Å²) in [7, 11) is 0. The minimum atomic E-state index is 0.0334. The number of nitrogens with one attached hydrogen (secondary N) is 1. The zero-order valence-electron chi connectivity index (χ0n) is 13.4. The molecule has 0 saturated carbocycles. The minimum absolute atomic E-state index is 0.0334. The fourth-order valence-corrected chi connectivity index (χ4v) is 3.12. The Morgan fingerprint density at radius 1 is 1.17 bits per heavy atom. The van der Waals surface area contributed by atoms with Crippen LogP contribution in [0.4, 0.5) is 0 Å². The molecule has 0 unspecified atom stereocenters. The van der Waals surface area contributed by atoms with Crippen LogP contribution in [0.2, 0.25) is 10.0 Å². The van der Waals surface area contributed by atoms with E-state index in [1.807, 2.05) is 18.2 Å². The third-order valence-electron chi connectivity index (χ3n) is 3.94. The second kappa shape index (κ2) is 8.37. The molecule has 0 spiro atoms. The van der Waals surface area contributed by atoms with Crippen LogP contribution in [0.15, 0.2) is 42.5 Å². The average molecular weight is 350 g/mol. The maximum Gasteiger partial charge on any atom is 0.220 e. The van der Waals surface area contributed by atoms with Gasteiger partial charge in [0.1, 0.15) is 0 Å². The smallest absolute Gasteiger partial charge is 0.220 e. The zero-order chi connectivity index (χ0) is 16.8. The van der Waals surface area contributed by atoms with Gasteiger partial charge in [0.2, 0.25) is 5.91 Å². The highest BCUT2D eigenvalue weighted by atomic mass is 35.5. The summed E-state index contributed by atoms with van der Waals surface area (Å²) in [6, 6.07) is 13.6. The number of hydrogen-bond acceptors (Lipinski definition) is 1. The van der Waals surface area contributed by atoms with Gasteiger partial charge in [-0.05, 0) is 48.6 Å². The number of amides is 1. The summed E-state index contributed by atoms with van der Waals surface area (Å²) in [6.07, 6.45) is 1.87. The molecule has 0 fully saturated rings. The molecular weight excluding hydrogens is 329 g/mol. The molecule has 2 rings (SSSR count). The monoisotopic (exact) mass is 349 g/mol. The van der Waals surface area contributed by atoms with E-state index in [1.54, 1.807) is 12.1 Å². The number of hydrogen-bond donors (Lipinski definition) is 1. The van der Waals surface area contributed by atoms with Crippen LogP contribution in [0.3, 0.4) is 0 Å². The first kappa shape index (κ1) is 17.8. The summed E-state index contributed by atoms with van der Waals surface area (Å²) in [5.41, 5.74) is 3.31. The van der Waals surface area contributed by atoms with Crippen molar-refractivity contribution in [1.82, 2.24) is 5.32 Å². The van der Waals surface area contributed by atoms with Crippen molar-refractivity contribution in [1.29, 1.82) is 0 Å². The largest absolute Gasteiger partial charge is 0.349 e. The molecule has 0 aliphatic carbocycles. The predicted octanol–water partition coefficient (Wildman–Crippen LogP) is 5.50. The summed E-state index contributed by atoms with van der Waals surface area (Å²) >= 11 is 12.0. The van der Waals surface area contributed by atoms with Crippen LogP contribution >= 0.6 is 23.2 Å². The summed E-state index contributed by atoms with van der Waals surface area (Å²) < 4.78 is 0. The molecule has 1 atom stereocenters. The number of benzene rings is 2. The molecule has 0 aromatic heterocycles. The first-order valence-corrected chi connectivity index (χ1v) is 8.55. The van der Waals surface area contributed by atoms with E-state index in [9.17, 15) is 4.79 Å². The Bertz CT molecular complexity index is 685. The minimum Gasteiger partial charge on any atom is -0.349 e. The van der Waals surface area contributed by atoms with Gasteiger partial charge in [-0.25, -0.2) is 0 Å². The molecule has 122 valence electrons. The van der Waals surface area contributed by atoms with Gasteiger partial charge >= 0.3 is 0 Å². The van der Waals surface area contributed by atoms with Gasteiger partial charge in [0.15, 0.2) is 0 Å². The van der Waals surface area contributed by atoms with Crippen LogP contribution < -0.4 is 5.32 Å². The predicted molar refractivity (Wildman–Crippen MR) is 97.1 cm³/mol. The zero-order valence-corrected chi connectivity index (χ0v) is 14.9. The normalized spacial score (nSPS) is 12.0. The van der Waals surface area contributed by atoms with Gasteiger partial charge in [-0.3, -0.25) is 4.79 Å². The Morgan fingerprint density at radius 2 is 1.91 bits per heavy atom. The summed E-state index contributed by atoms with van der Waals surface area (Å²) in [5.74, 6) is 0.0334. The van der Waals surface area contributed by atoms with Crippen molar-refractivity contribution in [3.8, 4) is 0 Å². The molecular formula is C19H21Cl2NO. The van der Waals surface area contributed by atoms with E-state index in [-0.39, 0.29) is 11.9 Å². The van der Waals surface area contributed by atoms with Gasteiger partial charge in [0.25, 0.3) is 0 Å². The molecule has 0 bridgehead atoms. The Labute approximate surface area is 147 Å². The Hall–Kier alpha value is -1.51. The number of carbonyl (C=O) groups is 1. The van der Waals surface area contributed by atoms with E-state index in [0.29, 0.717) is 22.9 Å². The molecule has 2 aromatic carbocycles. The van der Waals surface area contributed by atoms with E-state index in [0.717, 1.165) is 12.0 Å². The van der Waals surface area contributed by atoms with Crippen molar-refractivity contribution in [2.45, 2.75) is 39.2 Å². The second-order valence-electron chi connectivity index (χ2n) is 5.62. The maximum absolute atomic E-state index is 12.3. The maximum atomic E-state index is 12.3. The third kappa shape index (κ3) is 4.98. The highest BCUT2D eigenvalue weighted by Crippen LogP contribution is 2.23. The van der Waals surface area contributed by atoms with Gasteiger partial charge in [-0.1, -0.05) is 60.5 Å². The van der Waals surface area contributed by atoms with E-state index in [2.05, 4.69) is 31.3 Å². The molecule has 4 heteroatoms. The van der Waals surface area contributed by atoms with Gasteiger partial charge in [0.05, 0.1) is 6.04 Å². The molecule has 0 radical (unpaired) electrons. The Balaban J connectivity index is 1.97. The van der Waals surface area contributed by atoms with Crippen molar-refractivity contribution in [2.75, 3.05) is 0 Å². The standard InChI is InChI=1S/C19H21Cl2NO/c1-3-18(16-7-5-4-6-13(16)2)22-19(23)11-9-14-8-10-15(20)12-17(14)21/h4-8,10,12,18H,3,9,11H2,1-2H3,(H,22,23)/t18-/m1/s1. The first-order valence-electron chi connectivity index (χ1n) is 7.80. The van der Waals surface area contributed by atoms with Crippen molar-refractivity contribution < 1.29 is 4.79 Å². The van der Waals surface area contributed by atoms with Gasteiger partial charge in [0, 0.05) is 16.5 Å². The molecule has 0 heterocycles. The second-order valence-corrected chi connectivity index (χ2v) is 6.46. The van der Waals surface area contributed by atoms with Crippen LogP contribution in [-0.2, 0) is 11.2 Å². The Morgan fingerprint density at radius 3 is 2.57 bits per heavy atom. The lowest BCUT2D eigenvalue weighted by molar-refractivity contribution is -0.121. The number of carbonyl (C=O) groups excluding carboxylic acids is 1. The number of aryl methyl sites for hydroxylation is 2. The topological polar surface area (TPSA) is 29.1 Å². The third-order valence-corrected chi connectivity index (χ3v) is 4.53. The van der Waals surface area contributed by atoms with Crippen molar-refractivity contribution >= 4 is 29.1 Å². The molecule has 2 aromatic rings. The number of halogens is 2. The van der Waals surface area contributed by atoms with Gasteiger partial charge in [-0.15, -0.1) is 0 Å². The van der Waals surface area contributed by atoms with E-state index < -0.39 is 0 Å². The van der Waals surface area contributed by atoms with Crippen LogP contribution in [0.25, 0.3) is 0 Å². The van der Waals surface area contributed by atoms with Gasteiger partial charge < -0.3 is 5.32 Å². The van der Waals surface area contributed by atoms with Crippen LogP contribution in [0.1, 0.15) is 42.5 Å². The molecule has 0 aliphatic rings. The SMILES string of the molecule is CC[C@@H](NC(=O)CCc1ccc(Cl)cc1Cl)c1ccccc1C. The van der Waals surface area contributed by atoms with Crippen molar-refractivity contribution in [2.24, 2.45) is 0 Å². The van der Waals surface area contributed by atoms with Crippen LogP contribution in [0, 0.1) is 6.92 Å². The quantitative estimate of drug-likeness (QED) is 0.732. The van der Waals surface area contributed by atoms with Crippen molar-refractivity contribution in [3.05, 3.63) is 69.2 Å². The molecule has 23 heavy (non-hydrogen) atoms. The lowest BCUT2D eigenvalue weighted by atomic mass is 9.99. The van der Waals surface area contributed by atoms with E-state index in [4.69, 9.17) is 23.2 Å². The highest BCUT2D eigenvalue weighted by Gasteiger charge is 2.14. The Kier molecular flexibility index (Phi) is 6.49. The lowest BCUT2D eigenvalue weighted by Gasteiger charge is -2.19. The fourth-order valence-electron chi connectivity index (χ4n) is 2.62. The van der Waals surface area contributed by atoms with E-state index in [1.165, 1.54) is 11.1 Å². The molecule has 1 N–H and O–H groups in total. The van der Waals surface area contributed by atoms with Crippen molar-refractivity contribution in [3.63, 3.8) is 0 Å². The lowest BCUT2D eigenvalue weighted by Crippen LogP contribution is -2.28. The van der Waals surface area contributed by atoms with E-state index >= 15 is 0 Å². The molecule has 1 amide bonds. The summed E-state index contributed by atoms with van der Waals surface area (Å²) in [5, 5.41) is 4.33. The molecule has 2 nitrogen and oxygen atoms in total. The van der Waals surface area contributed by atoms with Crippen LogP contribution in [-0.4, -0.2) is 5.91 Å². The van der Waals surface area contributed by atoms with Crippen LogP contribution in [0.5, 0.6) is 0 Å². The fraction of sp³-hybridized carbons (Fsp3) is 0.316. The molecule has 0 aliphatic heterocycles. The average Bonchev–Trinajstić information content (AvgIpc) is 2.52. The first-order chi connectivity index (χ1) is 11.0.